The zero-order valence-corrected chi connectivity index (χ0v) is 13.0. The standard InChI is InChI=1S/C16H9IN2O2/c17-16(20)7-11-1-4-14(5-2-11)21-15-6-3-12(9-18)13(8-15)10-19/h1-6,8H,7H2. The minimum atomic E-state index is 0.0759. The SMILES string of the molecule is N#Cc1ccc(Oc2ccc(CC(=O)I)cc2)cc1C#N. The number of carbonyl (C=O) groups excluding carboxylic acids is 1. The van der Waals surface area contributed by atoms with Gasteiger partial charge in [-0.3, -0.25) is 4.79 Å². The van der Waals surface area contributed by atoms with Gasteiger partial charge in [-0.05, 0) is 58.5 Å². The zero-order valence-electron chi connectivity index (χ0n) is 10.8. The van der Waals surface area contributed by atoms with E-state index < -0.39 is 0 Å². The van der Waals surface area contributed by atoms with Crippen molar-refractivity contribution in [1.29, 1.82) is 10.5 Å². The summed E-state index contributed by atoms with van der Waals surface area (Å²) in [5.74, 6) is 1.09. The molecule has 2 aromatic rings. The quantitative estimate of drug-likeness (QED) is 0.591. The van der Waals surface area contributed by atoms with Gasteiger partial charge in [0, 0.05) is 6.42 Å². The van der Waals surface area contributed by atoms with Crippen molar-refractivity contribution in [2.45, 2.75) is 6.42 Å². The molecule has 0 heterocycles. The largest absolute Gasteiger partial charge is 0.457 e. The van der Waals surface area contributed by atoms with Gasteiger partial charge in [-0.2, -0.15) is 10.5 Å². The minimum Gasteiger partial charge on any atom is -0.457 e. The molecule has 5 heteroatoms. The molecule has 0 spiro atoms. The molecule has 0 aliphatic heterocycles. The van der Waals surface area contributed by atoms with E-state index in [4.69, 9.17) is 15.3 Å². The first kappa shape index (κ1) is 15.0. The van der Waals surface area contributed by atoms with Gasteiger partial charge in [0.2, 0.25) is 0 Å². The molecule has 0 saturated carbocycles. The van der Waals surface area contributed by atoms with Crippen molar-refractivity contribution in [3.8, 4) is 23.6 Å². The molecule has 0 aromatic heterocycles. The summed E-state index contributed by atoms with van der Waals surface area (Å²) in [4.78, 5) is 11.0. The van der Waals surface area contributed by atoms with Crippen LogP contribution in [0.25, 0.3) is 0 Å². The summed E-state index contributed by atoms with van der Waals surface area (Å²) in [5.41, 5.74) is 1.52. The molecule has 21 heavy (non-hydrogen) atoms. The second-order valence-corrected chi connectivity index (χ2v) is 5.41. The number of ether oxygens (including phenoxy) is 1. The van der Waals surface area contributed by atoms with Crippen LogP contribution >= 0.6 is 22.6 Å². The summed E-state index contributed by atoms with van der Waals surface area (Å²) in [5, 5.41) is 17.8. The van der Waals surface area contributed by atoms with Crippen molar-refractivity contribution in [3.63, 3.8) is 0 Å². The molecular weight excluding hydrogens is 379 g/mol. The lowest BCUT2D eigenvalue weighted by Gasteiger charge is -2.07. The highest BCUT2D eigenvalue weighted by Gasteiger charge is 2.05. The third kappa shape index (κ3) is 4.04. The molecule has 4 nitrogen and oxygen atoms in total. The molecular formula is C16H9IN2O2. The smallest absolute Gasteiger partial charge is 0.196 e. The highest BCUT2D eigenvalue weighted by Crippen LogP contribution is 2.24. The monoisotopic (exact) mass is 388 g/mol. The van der Waals surface area contributed by atoms with Gasteiger partial charge in [0.1, 0.15) is 23.6 Å². The van der Waals surface area contributed by atoms with E-state index in [1.807, 2.05) is 24.3 Å². The van der Waals surface area contributed by atoms with Crippen molar-refractivity contribution in [2.24, 2.45) is 0 Å². The summed E-state index contributed by atoms with van der Waals surface area (Å²) >= 11 is 1.76. The summed E-state index contributed by atoms with van der Waals surface area (Å²) in [7, 11) is 0. The topological polar surface area (TPSA) is 73.9 Å². The van der Waals surface area contributed by atoms with Crippen LogP contribution in [0, 0.1) is 22.7 Å². The maximum atomic E-state index is 11.0. The Hall–Kier alpha value is -2.38. The molecule has 0 atom stereocenters. The molecule has 0 bridgehead atoms. The molecule has 2 rings (SSSR count). The molecule has 102 valence electrons. The van der Waals surface area contributed by atoms with E-state index in [1.165, 1.54) is 6.07 Å². The molecule has 0 aliphatic carbocycles. The van der Waals surface area contributed by atoms with Crippen LogP contribution in [0.4, 0.5) is 0 Å². The van der Waals surface area contributed by atoms with Gasteiger partial charge < -0.3 is 4.74 Å². The molecule has 0 unspecified atom stereocenters. The Morgan fingerprint density at radius 3 is 2.19 bits per heavy atom. The van der Waals surface area contributed by atoms with Crippen LogP contribution in [0.3, 0.4) is 0 Å². The van der Waals surface area contributed by atoms with Crippen LogP contribution in [0.2, 0.25) is 0 Å². The predicted octanol–water partition coefficient (Wildman–Crippen LogP) is 3.73. The van der Waals surface area contributed by atoms with Crippen molar-refractivity contribution in [2.75, 3.05) is 0 Å². The van der Waals surface area contributed by atoms with Crippen molar-refractivity contribution in [3.05, 3.63) is 59.2 Å². The van der Waals surface area contributed by atoms with E-state index in [9.17, 15) is 4.79 Å². The number of hydrogen-bond donors (Lipinski definition) is 0. The number of carbonyl (C=O) groups is 1. The summed E-state index contributed by atoms with van der Waals surface area (Å²) in [6.07, 6.45) is 0.385. The van der Waals surface area contributed by atoms with E-state index in [0.717, 1.165) is 5.56 Å². The molecule has 0 fully saturated rings. The number of benzene rings is 2. The van der Waals surface area contributed by atoms with Crippen molar-refractivity contribution < 1.29 is 9.53 Å². The first-order chi connectivity index (χ1) is 10.1. The second-order valence-electron chi connectivity index (χ2n) is 4.21. The lowest BCUT2D eigenvalue weighted by atomic mass is 10.1. The van der Waals surface area contributed by atoms with Gasteiger partial charge in [-0.25, -0.2) is 0 Å². The number of halogens is 1. The fourth-order valence-corrected chi connectivity index (χ4v) is 2.19. The lowest BCUT2D eigenvalue weighted by molar-refractivity contribution is -0.108. The predicted molar refractivity (Wildman–Crippen MR) is 85.1 cm³/mol. The van der Waals surface area contributed by atoms with E-state index in [1.54, 1.807) is 46.9 Å². The highest BCUT2D eigenvalue weighted by atomic mass is 127. The second kappa shape index (κ2) is 6.87. The Morgan fingerprint density at radius 2 is 1.62 bits per heavy atom. The van der Waals surface area contributed by atoms with Crippen LogP contribution in [0.1, 0.15) is 16.7 Å². The van der Waals surface area contributed by atoms with Crippen molar-refractivity contribution in [1.82, 2.24) is 0 Å². The normalized spacial score (nSPS) is 9.48. The average molecular weight is 388 g/mol. The number of nitriles is 2. The van der Waals surface area contributed by atoms with Gasteiger partial charge >= 0.3 is 0 Å². The highest BCUT2D eigenvalue weighted by molar-refractivity contribution is 14.1. The Bertz CT molecular complexity index is 755. The van der Waals surface area contributed by atoms with E-state index in [-0.39, 0.29) is 9.35 Å². The Balaban J connectivity index is 2.17. The average Bonchev–Trinajstić information content (AvgIpc) is 2.48. The Kier molecular flexibility index (Phi) is 4.91. The molecule has 0 saturated heterocycles. The molecule has 0 radical (unpaired) electrons. The number of rotatable bonds is 4. The van der Waals surface area contributed by atoms with Crippen LogP contribution in [-0.2, 0) is 11.2 Å². The Labute approximate surface area is 135 Å². The maximum absolute atomic E-state index is 11.0. The van der Waals surface area contributed by atoms with E-state index >= 15 is 0 Å². The van der Waals surface area contributed by atoms with Crippen molar-refractivity contribution >= 4 is 26.4 Å². The Morgan fingerprint density at radius 1 is 1.00 bits per heavy atom. The van der Waals surface area contributed by atoms with Gasteiger partial charge in [-0.1, -0.05) is 12.1 Å². The van der Waals surface area contributed by atoms with E-state index in [0.29, 0.717) is 23.5 Å². The summed E-state index contributed by atoms with van der Waals surface area (Å²) < 4.78 is 5.71. The third-order valence-corrected chi connectivity index (χ3v) is 3.12. The van der Waals surface area contributed by atoms with E-state index in [2.05, 4.69) is 0 Å². The van der Waals surface area contributed by atoms with Gasteiger partial charge in [0.25, 0.3) is 0 Å². The van der Waals surface area contributed by atoms with Gasteiger partial charge in [-0.15, -0.1) is 0 Å². The van der Waals surface area contributed by atoms with Crippen LogP contribution < -0.4 is 4.74 Å². The maximum Gasteiger partial charge on any atom is 0.196 e. The fourth-order valence-electron chi connectivity index (χ4n) is 1.75. The number of nitrogens with zero attached hydrogens (tertiary/aromatic N) is 2. The third-order valence-electron chi connectivity index (χ3n) is 2.73. The van der Waals surface area contributed by atoms with Gasteiger partial charge in [0.15, 0.2) is 3.79 Å². The van der Waals surface area contributed by atoms with Gasteiger partial charge in [0.05, 0.1) is 11.1 Å². The summed E-state index contributed by atoms with van der Waals surface area (Å²) in [6.45, 7) is 0. The van der Waals surface area contributed by atoms with Crippen LogP contribution in [0.5, 0.6) is 11.5 Å². The first-order valence-electron chi connectivity index (χ1n) is 6.02. The minimum absolute atomic E-state index is 0.0759. The first-order valence-corrected chi connectivity index (χ1v) is 7.09. The van der Waals surface area contributed by atoms with Crippen LogP contribution in [-0.4, -0.2) is 3.79 Å². The zero-order chi connectivity index (χ0) is 15.2. The molecule has 2 aromatic carbocycles. The number of hydrogen-bond acceptors (Lipinski definition) is 4. The molecule has 0 aliphatic rings. The lowest BCUT2D eigenvalue weighted by Crippen LogP contribution is -1.93. The molecule has 0 amide bonds. The van der Waals surface area contributed by atoms with Crippen LogP contribution in [0.15, 0.2) is 42.5 Å². The molecule has 0 N–H and O–H groups in total. The summed E-state index contributed by atoms with van der Waals surface area (Å²) in [6, 6.07) is 15.8. The fraction of sp³-hybridized carbons (Fsp3) is 0.0625.